The SMILES string of the molecule is CCNC(c1c(CC)oc2ccccc12)C1CC1. The summed E-state index contributed by atoms with van der Waals surface area (Å²) in [5.74, 6) is 1.96. The average Bonchev–Trinajstić information content (AvgIpc) is 3.16. The van der Waals surface area contributed by atoms with E-state index in [1.807, 2.05) is 0 Å². The maximum absolute atomic E-state index is 6.01. The molecule has 2 nitrogen and oxygen atoms in total. The summed E-state index contributed by atoms with van der Waals surface area (Å²) >= 11 is 0. The maximum Gasteiger partial charge on any atom is 0.134 e. The fourth-order valence-electron chi connectivity index (χ4n) is 2.87. The van der Waals surface area contributed by atoms with Crippen molar-refractivity contribution < 1.29 is 4.42 Å². The van der Waals surface area contributed by atoms with Gasteiger partial charge in [0.05, 0.1) is 0 Å². The van der Waals surface area contributed by atoms with Crippen molar-refractivity contribution in [1.82, 2.24) is 5.32 Å². The largest absolute Gasteiger partial charge is 0.461 e. The van der Waals surface area contributed by atoms with E-state index in [0.717, 1.165) is 30.2 Å². The van der Waals surface area contributed by atoms with Crippen LogP contribution >= 0.6 is 0 Å². The summed E-state index contributed by atoms with van der Waals surface area (Å²) in [5.41, 5.74) is 2.45. The molecule has 1 unspecified atom stereocenters. The molecule has 3 rings (SSSR count). The molecule has 1 heterocycles. The first-order valence-corrected chi connectivity index (χ1v) is 7.08. The molecule has 1 aromatic carbocycles. The number of fused-ring (bicyclic) bond motifs is 1. The summed E-state index contributed by atoms with van der Waals surface area (Å²) in [6.45, 7) is 5.38. The van der Waals surface area contributed by atoms with Crippen LogP contribution in [0.15, 0.2) is 28.7 Å². The number of nitrogens with one attached hydrogen (secondary N) is 1. The van der Waals surface area contributed by atoms with Crippen LogP contribution in [0.25, 0.3) is 11.0 Å². The van der Waals surface area contributed by atoms with E-state index in [4.69, 9.17) is 4.42 Å². The summed E-state index contributed by atoms with van der Waals surface area (Å²) in [6, 6.07) is 8.91. The van der Waals surface area contributed by atoms with E-state index in [1.165, 1.54) is 23.8 Å². The predicted molar refractivity (Wildman–Crippen MR) is 74.7 cm³/mol. The van der Waals surface area contributed by atoms with Gasteiger partial charge in [0.25, 0.3) is 0 Å². The topological polar surface area (TPSA) is 25.2 Å². The van der Waals surface area contributed by atoms with Gasteiger partial charge in [0, 0.05) is 23.4 Å². The Morgan fingerprint density at radius 1 is 1.28 bits per heavy atom. The van der Waals surface area contributed by atoms with Crippen LogP contribution in [0.4, 0.5) is 0 Å². The van der Waals surface area contributed by atoms with Crippen LogP contribution in [0, 0.1) is 5.92 Å². The lowest BCUT2D eigenvalue weighted by Crippen LogP contribution is -2.23. The third-order valence-electron chi connectivity index (χ3n) is 3.86. The second kappa shape index (κ2) is 4.77. The summed E-state index contributed by atoms with van der Waals surface area (Å²) < 4.78 is 6.01. The van der Waals surface area contributed by atoms with Crippen LogP contribution in [0.3, 0.4) is 0 Å². The summed E-state index contributed by atoms with van der Waals surface area (Å²) in [6.07, 6.45) is 3.67. The molecule has 1 aromatic heterocycles. The molecule has 0 radical (unpaired) electrons. The Balaban J connectivity index is 2.12. The molecule has 96 valence electrons. The highest BCUT2D eigenvalue weighted by Crippen LogP contribution is 2.44. The first-order chi connectivity index (χ1) is 8.85. The quantitative estimate of drug-likeness (QED) is 0.856. The Morgan fingerprint density at radius 3 is 2.72 bits per heavy atom. The number of hydrogen-bond acceptors (Lipinski definition) is 2. The van der Waals surface area contributed by atoms with Gasteiger partial charge in [0.2, 0.25) is 0 Å². The van der Waals surface area contributed by atoms with E-state index < -0.39 is 0 Å². The van der Waals surface area contributed by atoms with Gasteiger partial charge in [-0.25, -0.2) is 0 Å². The number of rotatable bonds is 5. The Kier molecular flexibility index (Phi) is 3.13. The highest BCUT2D eigenvalue weighted by Gasteiger charge is 2.35. The van der Waals surface area contributed by atoms with Crippen molar-refractivity contribution in [1.29, 1.82) is 0 Å². The van der Waals surface area contributed by atoms with Crippen molar-refractivity contribution >= 4 is 11.0 Å². The molecule has 1 atom stereocenters. The smallest absolute Gasteiger partial charge is 0.134 e. The number of para-hydroxylation sites is 1. The lowest BCUT2D eigenvalue weighted by atomic mass is 9.98. The van der Waals surface area contributed by atoms with Gasteiger partial charge in [-0.15, -0.1) is 0 Å². The van der Waals surface area contributed by atoms with E-state index >= 15 is 0 Å². The average molecular weight is 243 g/mol. The standard InChI is InChI=1S/C16H21NO/c1-3-13-15(16(17-4-2)11-9-10-11)12-7-5-6-8-14(12)18-13/h5-8,11,16-17H,3-4,9-10H2,1-2H3. The molecular weight excluding hydrogens is 222 g/mol. The van der Waals surface area contributed by atoms with Gasteiger partial charge < -0.3 is 9.73 Å². The minimum Gasteiger partial charge on any atom is -0.461 e. The van der Waals surface area contributed by atoms with Crippen molar-refractivity contribution in [2.75, 3.05) is 6.54 Å². The molecule has 0 saturated heterocycles. The van der Waals surface area contributed by atoms with E-state index in [1.54, 1.807) is 0 Å². The maximum atomic E-state index is 6.01. The van der Waals surface area contributed by atoms with E-state index in [0.29, 0.717) is 6.04 Å². The molecule has 0 amide bonds. The molecule has 1 aliphatic rings. The normalized spacial score (nSPS) is 17.2. The second-order valence-electron chi connectivity index (χ2n) is 5.16. The van der Waals surface area contributed by atoms with Gasteiger partial charge in [-0.05, 0) is 31.4 Å². The predicted octanol–water partition coefficient (Wildman–Crippen LogP) is 4.06. The van der Waals surface area contributed by atoms with Gasteiger partial charge >= 0.3 is 0 Å². The number of furan rings is 1. The highest BCUT2D eigenvalue weighted by atomic mass is 16.3. The first-order valence-electron chi connectivity index (χ1n) is 7.08. The van der Waals surface area contributed by atoms with Crippen molar-refractivity contribution in [2.45, 2.75) is 39.2 Å². The minimum absolute atomic E-state index is 0.480. The summed E-state index contributed by atoms with van der Waals surface area (Å²) in [5, 5.41) is 4.95. The molecular formula is C16H21NO. The van der Waals surface area contributed by atoms with Crippen molar-refractivity contribution in [3.63, 3.8) is 0 Å². The van der Waals surface area contributed by atoms with Crippen LogP contribution in [0.1, 0.15) is 44.1 Å². The highest BCUT2D eigenvalue weighted by molar-refractivity contribution is 5.83. The number of benzene rings is 1. The Hall–Kier alpha value is -1.28. The van der Waals surface area contributed by atoms with Crippen molar-refractivity contribution in [3.05, 3.63) is 35.6 Å². The zero-order valence-electron chi connectivity index (χ0n) is 11.2. The van der Waals surface area contributed by atoms with Crippen LogP contribution in [0.2, 0.25) is 0 Å². The minimum atomic E-state index is 0.480. The molecule has 1 aliphatic carbocycles. The second-order valence-corrected chi connectivity index (χ2v) is 5.16. The number of aryl methyl sites for hydroxylation is 1. The van der Waals surface area contributed by atoms with Gasteiger partial charge in [0.15, 0.2) is 0 Å². The monoisotopic (exact) mass is 243 g/mol. The van der Waals surface area contributed by atoms with Crippen molar-refractivity contribution in [3.8, 4) is 0 Å². The van der Waals surface area contributed by atoms with Gasteiger partial charge in [-0.2, -0.15) is 0 Å². The first kappa shape index (κ1) is 11.8. The zero-order chi connectivity index (χ0) is 12.5. The Bertz CT molecular complexity index is 539. The molecule has 18 heavy (non-hydrogen) atoms. The Labute approximate surface area is 108 Å². The van der Waals surface area contributed by atoms with Crippen LogP contribution < -0.4 is 5.32 Å². The third kappa shape index (κ3) is 1.95. The van der Waals surface area contributed by atoms with E-state index in [2.05, 4.69) is 43.4 Å². The lowest BCUT2D eigenvalue weighted by molar-refractivity contribution is 0.473. The fraction of sp³-hybridized carbons (Fsp3) is 0.500. The van der Waals surface area contributed by atoms with Crippen LogP contribution in [0.5, 0.6) is 0 Å². The Morgan fingerprint density at radius 2 is 2.06 bits per heavy atom. The van der Waals surface area contributed by atoms with Crippen LogP contribution in [-0.4, -0.2) is 6.54 Å². The van der Waals surface area contributed by atoms with Crippen molar-refractivity contribution in [2.24, 2.45) is 5.92 Å². The fourth-order valence-corrected chi connectivity index (χ4v) is 2.87. The summed E-state index contributed by atoms with van der Waals surface area (Å²) in [7, 11) is 0. The van der Waals surface area contributed by atoms with Gasteiger partial charge in [-0.3, -0.25) is 0 Å². The molecule has 2 aromatic rings. The lowest BCUT2D eigenvalue weighted by Gasteiger charge is -2.17. The molecule has 0 bridgehead atoms. The van der Waals surface area contributed by atoms with E-state index in [-0.39, 0.29) is 0 Å². The zero-order valence-corrected chi connectivity index (χ0v) is 11.2. The third-order valence-corrected chi connectivity index (χ3v) is 3.86. The molecule has 0 spiro atoms. The summed E-state index contributed by atoms with van der Waals surface area (Å²) in [4.78, 5) is 0. The number of hydrogen-bond donors (Lipinski definition) is 1. The molecule has 1 fully saturated rings. The molecule has 2 heteroatoms. The van der Waals surface area contributed by atoms with Crippen LogP contribution in [-0.2, 0) is 6.42 Å². The molecule has 0 aliphatic heterocycles. The van der Waals surface area contributed by atoms with E-state index in [9.17, 15) is 0 Å². The van der Waals surface area contributed by atoms with Gasteiger partial charge in [0.1, 0.15) is 11.3 Å². The molecule has 1 saturated carbocycles. The molecule has 1 N–H and O–H groups in total. The van der Waals surface area contributed by atoms with Gasteiger partial charge in [-0.1, -0.05) is 32.0 Å².